The van der Waals surface area contributed by atoms with Gasteiger partial charge in [0.25, 0.3) is 5.78 Å². The maximum Gasteiger partial charge on any atom is 0.301 e. The quantitative estimate of drug-likeness (QED) is 0.382. The average molecular weight is 404 g/mol. The molecule has 1 saturated heterocycles. The number of carbonyl (C=O) groups is 2. The zero-order chi connectivity index (χ0) is 20.5. The van der Waals surface area contributed by atoms with E-state index in [0.29, 0.717) is 16.6 Å². The van der Waals surface area contributed by atoms with Crippen LogP contribution in [0.3, 0.4) is 0 Å². The lowest BCUT2D eigenvalue weighted by Gasteiger charge is -2.23. The summed E-state index contributed by atoms with van der Waals surface area (Å²) in [6, 6.07) is 15.9. The summed E-state index contributed by atoms with van der Waals surface area (Å²) in [5.41, 5.74) is 2.48. The van der Waals surface area contributed by atoms with Crippen molar-refractivity contribution in [3.8, 4) is 0 Å². The highest BCUT2D eigenvalue weighted by atomic mass is 32.1. The van der Waals surface area contributed by atoms with Gasteiger partial charge in [0.15, 0.2) is 5.13 Å². The third-order valence-electron chi connectivity index (χ3n) is 5.04. The van der Waals surface area contributed by atoms with E-state index in [4.69, 9.17) is 0 Å². The van der Waals surface area contributed by atoms with E-state index in [1.54, 1.807) is 35.8 Å². The number of rotatable bonds is 4. The summed E-state index contributed by atoms with van der Waals surface area (Å²) in [6.07, 6.45) is 1.59. The van der Waals surface area contributed by atoms with Crippen LogP contribution in [-0.4, -0.2) is 21.8 Å². The molecule has 6 heteroatoms. The largest absolute Gasteiger partial charge is 0.507 e. The summed E-state index contributed by atoms with van der Waals surface area (Å²) in [5.74, 6) is -1.21. The van der Waals surface area contributed by atoms with Gasteiger partial charge in [-0.05, 0) is 17.0 Å². The first-order valence-corrected chi connectivity index (χ1v) is 10.2. The lowest BCUT2D eigenvalue weighted by atomic mass is 9.93. The van der Waals surface area contributed by atoms with Crippen molar-refractivity contribution in [1.29, 1.82) is 0 Å². The van der Waals surface area contributed by atoms with Gasteiger partial charge in [-0.25, -0.2) is 4.98 Å². The molecule has 0 radical (unpaired) electrons. The molecule has 0 saturated carbocycles. The SMILES string of the molecule is CC(C)c1ccc([C@H]2/C(=C(\O)c3ccccc3)C(=O)C(=O)N2c2nccs2)cc1. The average Bonchev–Trinajstić information content (AvgIpc) is 3.35. The molecule has 3 aromatic rings. The van der Waals surface area contributed by atoms with Gasteiger partial charge < -0.3 is 5.11 Å². The standard InChI is InChI=1S/C23H20N2O3S/c1-14(2)15-8-10-16(11-9-15)19-18(20(26)17-6-4-3-5-7-17)21(27)22(28)25(19)23-24-12-13-29-23/h3-14,19,26H,1-2H3/b20-18+/t19-/m0/s1. The number of thiazole rings is 1. The van der Waals surface area contributed by atoms with Gasteiger partial charge in [0, 0.05) is 17.1 Å². The second-order valence-corrected chi connectivity index (χ2v) is 8.04. The Morgan fingerprint density at radius 3 is 2.34 bits per heavy atom. The molecule has 0 bridgehead atoms. The minimum Gasteiger partial charge on any atom is -0.507 e. The molecule has 1 aromatic heterocycles. The number of benzene rings is 2. The highest BCUT2D eigenvalue weighted by Gasteiger charge is 2.47. The smallest absolute Gasteiger partial charge is 0.301 e. The normalized spacial score (nSPS) is 18.6. The summed E-state index contributed by atoms with van der Waals surface area (Å²) in [6.45, 7) is 4.21. The van der Waals surface area contributed by atoms with Crippen LogP contribution in [0.5, 0.6) is 0 Å². The number of carbonyl (C=O) groups excluding carboxylic acids is 2. The Hall–Kier alpha value is -3.25. The van der Waals surface area contributed by atoms with Gasteiger partial charge in [0.2, 0.25) is 0 Å². The molecule has 1 aliphatic heterocycles. The molecule has 1 amide bonds. The van der Waals surface area contributed by atoms with Gasteiger partial charge in [-0.1, -0.05) is 68.4 Å². The molecule has 1 atom stereocenters. The van der Waals surface area contributed by atoms with Gasteiger partial charge in [-0.3, -0.25) is 14.5 Å². The molecule has 1 fully saturated rings. The highest BCUT2D eigenvalue weighted by Crippen LogP contribution is 2.42. The molecule has 1 aliphatic rings. The number of anilines is 1. The van der Waals surface area contributed by atoms with E-state index >= 15 is 0 Å². The number of aromatic nitrogens is 1. The fraction of sp³-hybridized carbons (Fsp3) is 0.174. The molecule has 0 spiro atoms. The monoisotopic (exact) mass is 404 g/mol. The fourth-order valence-electron chi connectivity index (χ4n) is 3.49. The molecule has 0 aliphatic carbocycles. The predicted molar refractivity (Wildman–Crippen MR) is 114 cm³/mol. The zero-order valence-electron chi connectivity index (χ0n) is 16.1. The highest BCUT2D eigenvalue weighted by molar-refractivity contribution is 7.14. The Labute approximate surface area is 173 Å². The summed E-state index contributed by atoms with van der Waals surface area (Å²) in [4.78, 5) is 31.5. The Balaban J connectivity index is 1.91. The van der Waals surface area contributed by atoms with E-state index in [0.717, 1.165) is 11.1 Å². The molecule has 29 heavy (non-hydrogen) atoms. The van der Waals surface area contributed by atoms with E-state index < -0.39 is 17.7 Å². The van der Waals surface area contributed by atoms with Crippen molar-refractivity contribution in [3.05, 3.63) is 88.4 Å². The molecular formula is C23H20N2O3S. The first-order valence-electron chi connectivity index (χ1n) is 9.35. The first-order chi connectivity index (χ1) is 14.0. The number of hydrogen-bond donors (Lipinski definition) is 1. The maximum atomic E-state index is 13.0. The van der Waals surface area contributed by atoms with Crippen LogP contribution in [0, 0.1) is 0 Å². The topological polar surface area (TPSA) is 70.5 Å². The summed E-state index contributed by atoms with van der Waals surface area (Å²) >= 11 is 1.28. The minimum atomic E-state index is -0.734. The van der Waals surface area contributed by atoms with Crippen LogP contribution in [0.15, 0.2) is 71.7 Å². The molecule has 2 heterocycles. The van der Waals surface area contributed by atoms with Crippen LogP contribution in [0.1, 0.15) is 42.5 Å². The molecule has 146 valence electrons. The second-order valence-electron chi connectivity index (χ2n) is 7.17. The van der Waals surface area contributed by atoms with E-state index in [9.17, 15) is 14.7 Å². The van der Waals surface area contributed by atoms with Gasteiger partial charge in [-0.15, -0.1) is 11.3 Å². The number of amides is 1. The Kier molecular flexibility index (Phi) is 5.03. The van der Waals surface area contributed by atoms with Crippen LogP contribution in [0.4, 0.5) is 5.13 Å². The zero-order valence-corrected chi connectivity index (χ0v) is 16.9. The first kappa shape index (κ1) is 19.1. The van der Waals surface area contributed by atoms with Crippen molar-refractivity contribution in [2.24, 2.45) is 0 Å². The van der Waals surface area contributed by atoms with Gasteiger partial charge >= 0.3 is 5.91 Å². The predicted octanol–water partition coefficient (Wildman–Crippen LogP) is 4.89. The third kappa shape index (κ3) is 3.36. The van der Waals surface area contributed by atoms with Crippen LogP contribution in [-0.2, 0) is 9.59 Å². The summed E-state index contributed by atoms with van der Waals surface area (Å²) < 4.78 is 0. The fourth-order valence-corrected chi connectivity index (χ4v) is 4.16. The second kappa shape index (κ2) is 7.64. The van der Waals surface area contributed by atoms with Crippen molar-refractivity contribution in [3.63, 3.8) is 0 Å². The molecule has 1 N–H and O–H groups in total. The van der Waals surface area contributed by atoms with E-state index in [1.165, 1.54) is 16.2 Å². The van der Waals surface area contributed by atoms with Crippen molar-refractivity contribution in [2.75, 3.05) is 4.90 Å². The van der Waals surface area contributed by atoms with Crippen LogP contribution in [0.2, 0.25) is 0 Å². The molecule has 4 rings (SSSR count). The molecule has 5 nitrogen and oxygen atoms in total. The van der Waals surface area contributed by atoms with Crippen molar-refractivity contribution in [2.45, 2.75) is 25.8 Å². The Bertz CT molecular complexity index is 1070. The van der Waals surface area contributed by atoms with Crippen LogP contribution >= 0.6 is 11.3 Å². The van der Waals surface area contributed by atoms with Gasteiger partial charge in [0.05, 0.1) is 11.6 Å². The van der Waals surface area contributed by atoms with Crippen LogP contribution in [0.25, 0.3) is 5.76 Å². The van der Waals surface area contributed by atoms with Crippen molar-refractivity contribution in [1.82, 2.24) is 4.98 Å². The molecule has 0 unspecified atom stereocenters. The Morgan fingerprint density at radius 2 is 1.76 bits per heavy atom. The number of ketones is 1. The molecule has 2 aromatic carbocycles. The van der Waals surface area contributed by atoms with Crippen molar-refractivity contribution < 1.29 is 14.7 Å². The number of hydrogen-bond acceptors (Lipinski definition) is 5. The van der Waals surface area contributed by atoms with Crippen molar-refractivity contribution >= 4 is 33.9 Å². The third-order valence-corrected chi connectivity index (χ3v) is 5.81. The number of aliphatic hydroxyl groups excluding tert-OH is 1. The molecular weight excluding hydrogens is 384 g/mol. The summed E-state index contributed by atoms with van der Waals surface area (Å²) in [5, 5.41) is 13.1. The lowest BCUT2D eigenvalue weighted by Crippen LogP contribution is -2.29. The van der Waals surface area contributed by atoms with E-state index in [-0.39, 0.29) is 11.3 Å². The lowest BCUT2D eigenvalue weighted by molar-refractivity contribution is -0.132. The number of aliphatic hydroxyl groups is 1. The summed E-state index contributed by atoms with van der Waals surface area (Å²) in [7, 11) is 0. The van der Waals surface area contributed by atoms with E-state index in [2.05, 4.69) is 18.8 Å². The minimum absolute atomic E-state index is 0.0775. The number of nitrogens with zero attached hydrogens (tertiary/aromatic N) is 2. The van der Waals surface area contributed by atoms with Gasteiger partial charge in [0.1, 0.15) is 5.76 Å². The number of Topliss-reactive ketones (excluding diaryl/α,β-unsaturated/α-hetero) is 1. The Morgan fingerprint density at radius 1 is 1.07 bits per heavy atom. The van der Waals surface area contributed by atoms with Gasteiger partial charge in [-0.2, -0.15) is 0 Å². The van der Waals surface area contributed by atoms with Crippen LogP contribution < -0.4 is 4.90 Å². The van der Waals surface area contributed by atoms with E-state index in [1.807, 2.05) is 30.3 Å². The maximum absolute atomic E-state index is 13.0.